The summed E-state index contributed by atoms with van der Waals surface area (Å²) in [5, 5.41) is 4.57. The number of hydrogen-bond acceptors (Lipinski definition) is 2. The van der Waals surface area contributed by atoms with E-state index < -0.39 is 0 Å². The SMILES string of the molecule is Clc1cccc(Sc2ccccc2C2=CCNCC2)c1Cl. The Morgan fingerprint density at radius 2 is 1.76 bits per heavy atom. The zero-order valence-electron chi connectivity index (χ0n) is 11.4. The first-order valence-corrected chi connectivity index (χ1v) is 8.44. The third-order valence-corrected chi connectivity index (χ3v) is 5.50. The maximum absolute atomic E-state index is 6.30. The second kappa shape index (κ2) is 6.89. The van der Waals surface area contributed by atoms with Gasteiger partial charge in [-0.2, -0.15) is 0 Å². The van der Waals surface area contributed by atoms with Crippen molar-refractivity contribution in [3.8, 4) is 0 Å². The molecule has 108 valence electrons. The predicted molar refractivity (Wildman–Crippen MR) is 92.5 cm³/mol. The standard InChI is InChI=1S/C17H15Cl2NS/c18-14-5-3-7-16(17(14)19)21-15-6-2-1-4-13(15)12-8-10-20-11-9-12/h1-8,20H,9-11H2. The van der Waals surface area contributed by atoms with Crippen LogP contribution >= 0.6 is 35.0 Å². The van der Waals surface area contributed by atoms with Crippen molar-refractivity contribution in [2.45, 2.75) is 16.2 Å². The van der Waals surface area contributed by atoms with Crippen molar-refractivity contribution >= 4 is 40.5 Å². The lowest BCUT2D eigenvalue weighted by atomic mass is 10.0. The highest BCUT2D eigenvalue weighted by Crippen LogP contribution is 2.40. The van der Waals surface area contributed by atoms with Crippen LogP contribution < -0.4 is 5.32 Å². The van der Waals surface area contributed by atoms with Crippen molar-refractivity contribution < 1.29 is 0 Å². The molecule has 0 bridgehead atoms. The molecule has 0 radical (unpaired) electrons. The van der Waals surface area contributed by atoms with Gasteiger partial charge in [-0.25, -0.2) is 0 Å². The molecule has 0 aliphatic carbocycles. The van der Waals surface area contributed by atoms with Crippen LogP contribution in [0.25, 0.3) is 5.57 Å². The Morgan fingerprint density at radius 1 is 0.952 bits per heavy atom. The van der Waals surface area contributed by atoms with Crippen molar-refractivity contribution in [1.29, 1.82) is 0 Å². The summed E-state index contributed by atoms with van der Waals surface area (Å²) in [5.74, 6) is 0. The quantitative estimate of drug-likeness (QED) is 0.792. The topological polar surface area (TPSA) is 12.0 Å². The molecule has 2 aromatic rings. The van der Waals surface area contributed by atoms with Crippen molar-refractivity contribution in [2.24, 2.45) is 0 Å². The van der Waals surface area contributed by atoms with Crippen molar-refractivity contribution in [3.63, 3.8) is 0 Å². The first kappa shape index (κ1) is 15.0. The van der Waals surface area contributed by atoms with Gasteiger partial charge in [0.05, 0.1) is 10.0 Å². The Labute approximate surface area is 139 Å². The summed E-state index contributed by atoms with van der Waals surface area (Å²) in [7, 11) is 0. The number of halogens is 2. The minimum absolute atomic E-state index is 0.597. The van der Waals surface area contributed by atoms with Crippen LogP contribution in [0.3, 0.4) is 0 Å². The summed E-state index contributed by atoms with van der Waals surface area (Å²) < 4.78 is 0. The van der Waals surface area contributed by atoms with Crippen molar-refractivity contribution in [1.82, 2.24) is 5.32 Å². The molecule has 0 unspecified atom stereocenters. The highest BCUT2D eigenvalue weighted by molar-refractivity contribution is 7.99. The van der Waals surface area contributed by atoms with Gasteiger partial charge < -0.3 is 5.32 Å². The van der Waals surface area contributed by atoms with E-state index in [1.54, 1.807) is 11.8 Å². The van der Waals surface area contributed by atoms with Gasteiger partial charge in [-0.15, -0.1) is 0 Å². The molecule has 1 N–H and O–H groups in total. The Balaban J connectivity index is 1.96. The first-order chi connectivity index (χ1) is 10.3. The average molecular weight is 336 g/mol. The van der Waals surface area contributed by atoms with Gasteiger partial charge in [0.2, 0.25) is 0 Å². The first-order valence-electron chi connectivity index (χ1n) is 6.87. The molecule has 0 amide bonds. The maximum Gasteiger partial charge on any atom is 0.0731 e. The van der Waals surface area contributed by atoms with E-state index in [1.807, 2.05) is 18.2 Å². The fourth-order valence-electron chi connectivity index (χ4n) is 2.37. The summed E-state index contributed by atoms with van der Waals surface area (Å²) in [4.78, 5) is 2.21. The van der Waals surface area contributed by atoms with Gasteiger partial charge in [0.1, 0.15) is 0 Å². The van der Waals surface area contributed by atoms with Crippen LogP contribution in [-0.2, 0) is 0 Å². The van der Waals surface area contributed by atoms with Crippen LogP contribution in [0.1, 0.15) is 12.0 Å². The largest absolute Gasteiger partial charge is 0.313 e. The van der Waals surface area contributed by atoms with Crippen LogP contribution in [0.4, 0.5) is 0 Å². The minimum Gasteiger partial charge on any atom is -0.313 e. The number of benzene rings is 2. The maximum atomic E-state index is 6.30. The fourth-order valence-corrected chi connectivity index (χ4v) is 3.88. The van der Waals surface area contributed by atoms with Crippen LogP contribution in [0, 0.1) is 0 Å². The van der Waals surface area contributed by atoms with E-state index in [1.165, 1.54) is 16.0 Å². The molecule has 0 saturated carbocycles. The molecule has 0 fully saturated rings. The van der Waals surface area contributed by atoms with Crippen molar-refractivity contribution in [2.75, 3.05) is 13.1 Å². The summed E-state index contributed by atoms with van der Waals surface area (Å²) >= 11 is 14.1. The van der Waals surface area contributed by atoms with E-state index in [2.05, 4.69) is 35.7 Å². The van der Waals surface area contributed by atoms with Gasteiger partial charge in [-0.3, -0.25) is 0 Å². The Hall–Kier alpha value is -0.930. The molecule has 21 heavy (non-hydrogen) atoms. The predicted octanol–water partition coefficient (Wildman–Crippen LogP) is 5.52. The number of hydrogen-bond donors (Lipinski definition) is 1. The van der Waals surface area contributed by atoms with E-state index in [9.17, 15) is 0 Å². The third kappa shape index (κ3) is 3.46. The highest BCUT2D eigenvalue weighted by Gasteiger charge is 2.13. The molecular weight excluding hydrogens is 321 g/mol. The molecule has 3 rings (SSSR count). The molecule has 4 heteroatoms. The van der Waals surface area contributed by atoms with Gasteiger partial charge in [0.25, 0.3) is 0 Å². The normalized spacial score (nSPS) is 14.9. The lowest BCUT2D eigenvalue weighted by Gasteiger charge is -2.17. The van der Waals surface area contributed by atoms with E-state index in [-0.39, 0.29) is 0 Å². The van der Waals surface area contributed by atoms with E-state index in [4.69, 9.17) is 23.2 Å². The monoisotopic (exact) mass is 335 g/mol. The summed E-state index contributed by atoms with van der Waals surface area (Å²) in [6.07, 6.45) is 3.32. The molecule has 1 heterocycles. The van der Waals surface area contributed by atoms with Gasteiger partial charge in [-0.1, -0.05) is 65.3 Å². The van der Waals surface area contributed by atoms with E-state index in [0.29, 0.717) is 10.0 Å². The summed E-state index contributed by atoms with van der Waals surface area (Å²) in [5.41, 5.74) is 2.69. The number of rotatable bonds is 3. The van der Waals surface area contributed by atoms with Crippen LogP contribution in [0.15, 0.2) is 58.3 Å². The fraction of sp³-hybridized carbons (Fsp3) is 0.176. The molecule has 2 aromatic carbocycles. The summed E-state index contributed by atoms with van der Waals surface area (Å²) in [6.45, 7) is 1.97. The lowest BCUT2D eigenvalue weighted by Crippen LogP contribution is -2.20. The average Bonchev–Trinajstić information content (AvgIpc) is 2.53. The van der Waals surface area contributed by atoms with Gasteiger partial charge in [0, 0.05) is 16.3 Å². The van der Waals surface area contributed by atoms with Crippen LogP contribution in [-0.4, -0.2) is 13.1 Å². The Kier molecular flexibility index (Phi) is 4.91. The second-order valence-corrected chi connectivity index (χ2v) is 6.70. The molecule has 0 saturated heterocycles. The molecule has 0 spiro atoms. The Morgan fingerprint density at radius 3 is 2.57 bits per heavy atom. The summed E-state index contributed by atoms with van der Waals surface area (Å²) in [6, 6.07) is 14.2. The van der Waals surface area contributed by atoms with E-state index in [0.717, 1.165) is 24.4 Å². The lowest BCUT2D eigenvalue weighted by molar-refractivity contribution is 0.737. The molecule has 1 nitrogen and oxygen atoms in total. The zero-order valence-corrected chi connectivity index (χ0v) is 13.7. The Bertz CT molecular complexity index is 682. The zero-order chi connectivity index (χ0) is 14.7. The minimum atomic E-state index is 0.597. The van der Waals surface area contributed by atoms with Crippen LogP contribution in [0.2, 0.25) is 10.0 Å². The molecule has 0 atom stereocenters. The second-order valence-electron chi connectivity index (χ2n) is 4.83. The molecular formula is C17H15Cl2NS. The van der Waals surface area contributed by atoms with Crippen molar-refractivity contribution in [3.05, 3.63) is 64.1 Å². The highest BCUT2D eigenvalue weighted by atomic mass is 35.5. The molecule has 0 aromatic heterocycles. The third-order valence-electron chi connectivity index (χ3n) is 3.43. The van der Waals surface area contributed by atoms with Gasteiger partial charge >= 0.3 is 0 Å². The number of nitrogens with one attached hydrogen (secondary N) is 1. The van der Waals surface area contributed by atoms with Gasteiger partial charge in [-0.05, 0) is 42.3 Å². The van der Waals surface area contributed by atoms with E-state index >= 15 is 0 Å². The molecule has 1 aliphatic rings. The smallest absolute Gasteiger partial charge is 0.0731 e. The van der Waals surface area contributed by atoms with Gasteiger partial charge in [0.15, 0.2) is 0 Å². The molecule has 1 aliphatic heterocycles. The van der Waals surface area contributed by atoms with Crippen LogP contribution in [0.5, 0.6) is 0 Å².